The van der Waals surface area contributed by atoms with Gasteiger partial charge in [0.15, 0.2) is 0 Å². The van der Waals surface area contributed by atoms with Crippen molar-refractivity contribution >= 4 is 40.8 Å². The second-order valence-corrected chi connectivity index (χ2v) is 9.84. The number of pyridine rings is 1. The van der Waals surface area contributed by atoms with Gasteiger partial charge in [-0.15, -0.1) is 0 Å². The lowest BCUT2D eigenvalue weighted by molar-refractivity contribution is -0.137. The third kappa shape index (κ3) is 8.66. The molecular formula is C30H35F3N6O4. The van der Waals surface area contributed by atoms with E-state index in [0.29, 0.717) is 18.2 Å². The van der Waals surface area contributed by atoms with Crippen LogP contribution in [0.4, 0.5) is 46.8 Å². The maximum Gasteiger partial charge on any atom is 0.421 e. The van der Waals surface area contributed by atoms with Crippen LogP contribution in [-0.2, 0) is 15.7 Å². The average molecular weight is 601 g/mol. The minimum absolute atomic E-state index is 0.122. The third-order valence-electron chi connectivity index (χ3n) is 6.35. The Bertz CT molecular complexity index is 1460. The molecule has 0 spiro atoms. The molecule has 0 aliphatic rings. The van der Waals surface area contributed by atoms with E-state index in [-0.39, 0.29) is 28.9 Å². The summed E-state index contributed by atoms with van der Waals surface area (Å²) >= 11 is 0. The number of ether oxygens (including phenoxy) is 2. The van der Waals surface area contributed by atoms with Crippen LogP contribution in [0.5, 0.6) is 5.88 Å². The monoisotopic (exact) mass is 600 g/mol. The van der Waals surface area contributed by atoms with Crippen LogP contribution < -0.4 is 20.3 Å². The van der Waals surface area contributed by atoms with Crippen LogP contribution in [0.15, 0.2) is 49.3 Å². The number of alkyl halides is 3. The number of anilines is 5. The molecule has 0 fully saturated rings. The second kappa shape index (κ2) is 14.5. The minimum atomic E-state index is -4.86. The molecule has 0 saturated carbocycles. The lowest BCUT2D eigenvalue weighted by Crippen LogP contribution is -2.32. The van der Waals surface area contributed by atoms with E-state index < -0.39 is 35.7 Å². The van der Waals surface area contributed by atoms with E-state index in [4.69, 9.17) is 9.47 Å². The van der Waals surface area contributed by atoms with E-state index >= 15 is 0 Å². The SMILES string of the molecule is C=CC(=O)Nc1cc(C)ccc1Nc1nc(N(C(=O)OC(C)CCCCC)c2cc(OC)ncc2C)ncc1C(F)(F)F. The van der Waals surface area contributed by atoms with Crippen molar-refractivity contribution < 1.29 is 32.2 Å². The summed E-state index contributed by atoms with van der Waals surface area (Å²) in [7, 11) is 1.39. The predicted octanol–water partition coefficient (Wildman–Crippen LogP) is 7.63. The van der Waals surface area contributed by atoms with Gasteiger partial charge in [-0.3, -0.25) is 4.79 Å². The van der Waals surface area contributed by atoms with Gasteiger partial charge in [0.2, 0.25) is 17.7 Å². The van der Waals surface area contributed by atoms with Crippen molar-refractivity contribution in [2.45, 2.75) is 65.7 Å². The Hall–Kier alpha value is -4.68. The molecule has 230 valence electrons. The van der Waals surface area contributed by atoms with E-state index in [1.165, 1.54) is 25.4 Å². The number of hydrogen-bond donors (Lipinski definition) is 2. The van der Waals surface area contributed by atoms with Crippen molar-refractivity contribution in [1.82, 2.24) is 15.0 Å². The molecule has 0 aliphatic heterocycles. The van der Waals surface area contributed by atoms with Gasteiger partial charge in [-0.25, -0.2) is 19.7 Å². The molecular weight excluding hydrogens is 565 g/mol. The topological polar surface area (TPSA) is 119 Å². The number of amides is 2. The van der Waals surface area contributed by atoms with Crippen molar-refractivity contribution in [3.8, 4) is 5.88 Å². The standard InChI is InChI=1S/C30H35F3N6O4/c1-7-9-10-11-20(5)43-29(41)39(24-15-26(42-6)34-16-19(24)4)28-35-17-21(30(31,32)33)27(38-28)37-22-13-12-18(3)14-23(22)36-25(40)8-2/h8,12-17,20H,2,7,9-11H2,1,3-6H3,(H,36,40)(H,35,37,38). The number of nitrogens with one attached hydrogen (secondary N) is 2. The summed E-state index contributed by atoms with van der Waals surface area (Å²) in [5, 5.41) is 5.24. The molecule has 1 unspecified atom stereocenters. The number of nitrogens with zero attached hydrogens (tertiary/aromatic N) is 4. The molecule has 1 atom stereocenters. The van der Waals surface area contributed by atoms with Gasteiger partial charge in [0, 0.05) is 18.5 Å². The summed E-state index contributed by atoms with van der Waals surface area (Å²) in [6.07, 6.45) is 0.206. The van der Waals surface area contributed by atoms with Gasteiger partial charge in [-0.2, -0.15) is 18.2 Å². The quantitative estimate of drug-likeness (QED) is 0.161. The van der Waals surface area contributed by atoms with E-state index in [2.05, 4.69) is 39.1 Å². The summed E-state index contributed by atoms with van der Waals surface area (Å²) in [5.41, 5.74) is 0.568. The molecule has 2 aromatic heterocycles. The number of aromatic nitrogens is 3. The zero-order chi connectivity index (χ0) is 31.7. The Kier molecular flexibility index (Phi) is 11.1. The highest BCUT2D eigenvalue weighted by atomic mass is 19.4. The van der Waals surface area contributed by atoms with Crippen molar-refractivity contribution in [3.63, 3.8) is 0 Å². The van der Waals surface area contributed by atoms with Crippen LogP contribution in [0.25, 0.3) is 0 Å². The van der Waals surface area contributed by atoms with Crippen LogP contribution in [0.1, 0.15) is 56.2 Å². The highest BCUT2D eigenvalue weighted by molar-refractivity contribution is 6.01. The van der Waals surface area contributed by atoms with Crippen LogP contribution in [0, 0.1) is 13.8 Å². The number of aryl methyl sites for hydroxylation is 2. The predicted molar refractivity (Wildman–Crippen MR) is 158 cm³/mol. The van der Waals surface area contributed by atoms with Crippen LogP contribution in [-0.4, -0.2) is 40.2 Å². The normalized spacial score (nSPS) is 11.8. The van der Waals surface area contributed by atoms with E-state index in [0.717, 1.165) is 35.8 Å². The Morgan fingerprint density at radius 2 is 1.86 bits per heavy atom. The summed E-state index contributed by atoms with van der Waals surface area (Å²) in [6.45, 7) is 10.6. The van der Waals surface area contributed by atoms with Gasteiger partial charge >= 0.3 is 12.3 Å². The molecule has 2 amide bonds. The molecule has 10 nitrogen and oxygen atoms in total. The molecule has 0 saturated heterocycles. The number of rotatable bonds is 12. The highest BCUT2D eigenvalue weighted by Gasteiger charge is 2.37. The Morgan fingerprint density at radius 1 is 1.12 bits per heavy atom. The maximum absolute atomic E-state index is 14.1. The first-order valence-electron chi connectivity index (χ1n) is 13.6. The number of halogens is 3. The van der Waals surface area contributed by atoms with Gasteiger partial charge in [0.25, 0.3) is 0 Å². The first-order chi connectivity index (χ1) is 20.4. The molecule has 13 heteroatoms. The average Bonchev–Trinajstić information content (AvgIpc) is 2.95. The summed E-state index contributed by atoms with van der Waals surface area (Å²) < 4.78 is 53.3. The molecule has 3 aromatic rings. The highest BCUT2D eigenvalue weighted by Crippen LogP contribution is 2.38. The maximum atomic E-state index is 14.1. The van der Waals surface area contributed by atoms with Crippen LogP contribution in [0.3, 0.4) is 0 Å². The van der Waals surface area contributed by atoms with Gasteiger partial charge in [0.1, 0.15) is 17.5 Å². The largest absolute Gasteiger partial charge is 0.481 e. The third-order valence-corrected chi connectivity index (χ3v) is 6.35. The lowest BCUT2D eigenvalue weighted by Gasteiger charge is -2.25. The number of methoxy groups -OCH3 is 1. The first-order valence-corrected chi connectivity index (χ1v) is 13.6. The smallest absolute Gasteiger partial charge is 0.421 e. The lowest BCUT2D eigenvalue weighted by atomic mass is 10.1. The molecule has 0 bridgehead atoms. The Labute approximate surface area is 248 Å². The summed E-state index contributed by atoms with van der Waals surface area (Å²) in [4.78, 5) is 38.8. The number of carbonyl (C=O) groups excluding carboxylic acids is 2. The van der Waals surface area contributed by atoms with Crippen LogP contribution in [0.2, 0.25) is 0 Å². The number of unbranched alkanes of at least 4 members (excludes halogenated alkanes) is 2. The Balaban J connectivity index is 2.15. The Morgan fingerprint density at radius 3 is 2.51 bits per heavy atom. The van der Waals surface area contributed by atoms with Gasteiger partial charge in [-0.05, 0) is 62.9 Å². The van der Waals surface area contributed by atoms with E-state index in [1.807, 2.05) is 0 Å². The van der Waals surface area contributed by atoms with Crippen molar-refractivity contribution in [2.75, 3.05) is 22.6 Å². The second-order valence-electron chi connectivity index (χ2n) is 9.84. The molecule has 1 aromatic carbocycles. The molecule has 2 heterocycles. The molecule has 43 heavy (non-hydrogen) atoms. The number of hydrogen-bond acceptors (Lipinski definition) is 8. The minimum Gasteiger partial charge on any atom is -0.481 e. The number of carbonyl (C=O) groups is 2. The zero-order valence-electron chi connectivity index (χ0n) is 24.7. The van der Waals surface area contributed by atoms with Crippen molar-refractivity contribution in [1.29, 1.82) is 0 Å². The molecule has 3 rings (SSSR count). The van der Waals surface area contributed by atoms with E-state index in [1.54, 1.807) is 32.9 Å². The molecule has 2 N–H and O–H groups in total. The van der Waals surface area contributed by atoms with Gasteiger partial charge in [-0.1, -0.05) is 32.4 Å². The zero-order valence-corrected chi connectivity index (χ0v) is 24.7. The fraction of sp³-hybridized carbons (Fsp3) is 0.367. The summed E-state index contributed by atoms with van der Waals surface area (Å²) in [6, 6.07) is 6.17. The van der Waals surface area contributed by atoms with Gasteiger partial charge < -0.3 is 20.1 Å². The molecule has 0 radical (unpaired) electrons. The number of benzene rings is 1. The molecule has 0 aliphatic carbocycles. The van der Waals surface area contributed by atoms with E-state index in [9.17, 15) is 22.8 Å². The van der Waals surface area contributed by atoms with Crippen molar-refractivity contribution in [2.24, 2.45) is 0 Å². The van der Waals surface area contributed by atoms with Crippen LogP contribution >= 0.6 is 0 Å². The summed E-state index contributed by atoms with van der Waals surface area (Å²) in [5.74, 6) is -1.44. The van der Waals surface area contributed by atoms with Crippen molar-refractivity contribution in [3.05, 3.63) is 66.0 Å². The first kappa shape index (κ1) is 32.8. The fourth-order valence-corrected chi connectivity index (χ4v) is 4.07. The van der Waals surface area contributed by atoms with Gasteiger partial charge in [0.05, 0.1) is 24.2 Å². The fourth-order valence-electron chi connectivity index (χ4n) is 4.07.